The minimum Gasteiger partial charge on any atom is -0.241 e. The van der Waals surface area contributed by atoms with Gasteiger partial charge in [0, 0.05) is 17.0 Å². The van der Waals surface area contributed by atoms with E-state index in [1.54, 1.807) is 6.33 Å². The Balaban J connectivity index is 2.59. The Hall–Kier alpha value is -0.570. The fourth-order valence-corrected chi connectivity index (χ4v) is 2.19. The zero-order chi connectivity index (χ0) is 6.97. The molecule has 0 N–H and O–H groups in total. The largest absolute Gasteiger partial charge is 0.241 e. The van der Waals surface area contributed by atoms with Crippen LogP contribution in [0.1, 0.15) is 11.3 Å². The molecule has 1 aliphatic heterocycles. The van der Waals surface area contributed by atoms with Crippen molar-refractivity contribution in [3.8, 4) is 0 Å². The van der Waals surface area contributed by atoms with Crippen molar-refractivity contribution in [1.82, 2.24) is 9.97 Å². The summed E-state index contributed by atoms with van der Waals surface area (Å²) < 4.78 is 0. The molecule has 0 fully saturated rings. The van der Waals surface area contributed by atoms with Crippen molar-refractivity contribution in [2.24, 2.45) is 0 Å². The first-order valence-electron chi connectivity index (χ1n) is 3.31. The van der Waals surface area contributed by atoms with Crippen LogP contribution >= 0.6 is 11.8 Å². The number of fused-ring (bicyclic) bond motifs is 1. The van der Waals surface area contributed by atoms with Gasteiger partial charge in [0.25, 0.3) is 0 Å². The van der Waals surface area contributed by atoms with E-state index in [1.165, 1.54) is 16.3 Å². The summed E-state index contributed by atoms with van der Waals surface area (Å²) in [5.41, 5.74) is 2.50. The molecule has 1 aromatic rings. The Labute approximate surface area is 64.1 Å². The number of hydrogen-bond donors (Lipinski definition) is 0. The fraction of sp³-hybridized carbons (Fsp3) is 0.429. The van der Waals surface area contributed by atoms with E-state index < -0.39 is 0 Å². The Morgan fingerprint density at radius 2 is 2.40 bits per heavy atom. The van der Waals surface area contributed by atoms with Gasteiger partial charge >= 0.3 is 0 Å². The van der Waals surface area contributed by atoms with Gasteiger partial charge < -0.3 is 0 Å². The van der Waals surface area contributed by atoms with Crippen LogP contribution in [-0.4, -0.2) is 15.7 Å². The van der Waals surface area contributed by atoms with Gasteiger partial charge in [0.05, 0.1) is 0 Å². The average Bonchev–Trinajstić information content (AvgIpc) is 2.36. The third kappa shape index (κ3) is 0.814. The predicted octanol–water partition coefficient (Wildman–Crippen LogP) is 1.43. The molecule has 0 saturated heterocycles. The molecule has 0 spiro atoms. The first-order chi connectivity index (χ1) is 4.88. The fourth-order valence-electron chi connectivity index (χ4n) is 1.14. The van der Waals surface area contributed by atoms with Crippen molar-refractivity contribution < 1.29 is 0 Å². The molecule has 0 aromatic carbocycles. The summed E-state index contributed by atoms with van der Waals surface area (Å²) in [5.74, 6) is 1.18. The molecule has 0 unspecified atom stereocenters. The molecule has 2 heterocycles. The highest BCUT2D eigenvalue weighted by atomic mass is 32.2. The van der Waals surface area contributed by atoms with E-state index in [4.69, 9.17) is 0 Å². The Morgan fingerprint density at radius 1 is 1.50 bits per heavy atom. The van der Waals surface area contributed by atoms with Crippen molar-refractivity contribution in [1.29, 1.82) is 0 Å². The molecule has 2 nitrogen and oxygen atoms in total. The van der Waals surface area contributed by atoms with E-state index in [0.717, 1.165) is 12.1 Å². The summed E-state index contributed by atoms with van der Waals surface area (Å²) in [6, 6.07) is 0. The van der Waals surface area contributed by atoms with E-state index in [0.29, 0.717) is 0 Å². The Morgan fingerprint density at radius 3 is 3.20 bits per heavy atom. The number of thioether (sulfide) groups is 1. The maximum absolute atomic E-state index is 4.17. The van der Waals surface area contributed by atoms with Crippen molar-refractivity contribution in [2.75, 3.05) is 5.75 Å². The smallest absolute Gasteiger partial charge is 0.116 e. The van der Waals surface area contributed by atoms with Crippen molar-refractivity contribution in [3.05, 3.63) is 17.6 Å². The molecule has 2 rings (SSSR count). The van der Waals surface area contributed by atoms with Gasteiger partial charge in [-0.1, -0.05) is 0 Å². The first kappa shape index (κ1) is 6.16. The topological polar surface area (TPSA) is 25.8 Å². The lowest BCUT2D eigenvalue weighted by Crippen LogP contribution is -1.91. The van der Waals surface area contributed by atoms with Gasteiger partial charge in [0.15, 0.2) is 0 Å². The van der Waals surface area contributed by atoms with Crippen LogP contribution in [0, 0.1) is 6.92 Å². The SMILES string of the molecule is Cc1ncnc2c1CCS2. The van der Waals surface area contributed by atoms with E-state index in [9.17, 15) is 0 Å². The van der Waals surface area contributed by atoms with Crippen LogP contribution in [0.25, 0.3) is 0 Å². The second-order valence-electron chi connectivity index (χ2n) is 2.34. The van der Waals surface area contributed by atoms with Gasteiger partial charge in [0.2, 0.25) is 0 Å². The van der Waals surface area contributed by atoms with Gasteiger partial charge in [-0.05, 0) is 13.3 Å². The lowest BCUT2D eigenvalue weighted by atomic mass is 10.2. The van der Waals surface area contributed by atoms with Crippen molar-refractivity contribution >= 4 is 11.8 Å². The highest BCUT2D eigenvalue weighted by molar-refractivity contribution is 7.99. The molecule has 0 bridgehead atoms. The Kier molecular flexibility index (Phi) is 1.38. The number of rotatable bonds is 0. The lowest BCUT2D eigenvalue weighted by molar-refractivity contribution is 0.941. The van der Waals surface area contributed by atoms with Crippen molar-refractivity contribution in [3.63, 3.8) is 0 Å². The standard InChI is InChI=1S/C7H8N2S/c1-5-6-2-3-10-7(6)9-4-8-5/h4H,2-3H2,1H3. The molecule has 0 amide bonds. The molecular weight excluding hydrogens is 144 g/mol. The monoisotopic (exact) mass is 152 g/mol. The number of aryl methyl sites for hydroxylation is 1. The molecule has 10 heavy (non-hydrogen) atoms. The molecule has 3 heteroatoms. The van der Waals surface area contributed by atoms with E-state index in [-0.39, 0.29) is 0 Å². The summed E-state index contributed by atoms with van der Waals surface area (Å²) in [5, 5.41) is 1.19. The molecular formula is C7H8N2S. The number of nitrogens with zero attached hydrogens (tertiary/aromatic N) is 2. The predicted molar refractivity (Wildman–Crippen MR) is 41.2 cm³/mol. The van der Waals surface area contributed by atoms with E-state index >= 15 is 0 Å². The molecule has 52 valence electrons. The molecule has 1 aromatic heterocycles. The maximum atomic E-state index is 4.17. The molecule has 1 aliphatic rings. The van der Waals surface area contributed by atoms with Crippen LogP contribution in [0.4, 0.5) is 0 Å². The highest BCUT2D eigenvalue weighted by Crippen LogP contribution is 2.29. The zero-order valence-corrected chi connectivity index (χ0v) is 6.61. The molecule has 0 saturated carbocycles. The summed E-state index contributed by atoms with van der Waals surface area (Å²) in [4.78, 5) is 8.30. The second-order valence-corrected chi connectivity index (χ2v) is 3.42. The van der Waals surface area contributed by atoms with Crippen LogP contribution in [-0.2, 0) is 6.42 Å². The normalized spacial score (nSPS) is 15.3. The highest BCUT2D eigenvalue weighted by Gasteiger charge is 2.14. The maximum Gasteiger partial charge on any atom is 0.116 e. The third-order valence-electron chi connectivity index (χ3n) is 1.71. The van der Waals surface area contributed by atoms with Gasteiger partial charge in [0.1, 0.15) is 11.4 Å². The van der Waals surface area contributed by atoms with Gasteiger partial charge in [-0.2, -0.15) is 0 Å². The van der Waals surface area contributed by atoms with Crippen molar-refractivity contribution in [2.45, 2.75) is 18.4 Å². The lowest BCUT2D eigenvalue weighted by Gasteiger charge is -1.97. The minimum atomic E-state index is 1.15. The van der Waals surface area contributed by atoms with E-state index in [2.05, 4.69) is 9.97 Å². The summed E-state index contributed by atoms with van der Waals surface area (Å²) >= 11 is 1.83. The third-order valence-corrected chi connectivity index (χ3v) is 2.75. The molecule has 0 atom stereocenters. The van der Waals surface area contributed by atoms with Crippen LogP contribution in [0.15, 0.2) is 11.4 Å². The molecule has 0 radical (unpaired) electrons. The average molecular weight is 152 g/mol. The van der Waals surface area contributed by atoms with Crippen LogP contribution in [0.5, 0.6) is 0 Å². The summed E-state index contributed by atoms with van der Waals surface area (Å²) in [6.07, 6.45) is 2.79. The number of hydrogen-bond acceptors (Lipinski definition) is 3. The minimum absolute atomic E-state index is 1.15. The zero-order valence-electron chi connectivity index (χ0n) is 5.79. The second kappa shape index (κ2) is 2.23. The first-order valence-corrected chi connectivity index (χ1v) is 4.30. The molecule has 0 aliphatic carbocycles. The van der Waals surface area contributed by atoms with Gasteiger partial charge in [-0.3, -0.25) is 0 Å². The van der Waals surface area contributed by atoms with Crippen LogP contribution in [0.2, 0.25) is 0 Å². The summed E-state index contributed by atoms with van der Waals surface area (Å²) in [7, 11) is 0. The van der Waals surface area contributed by atoms with Crippen LogP contribution < -0.4 is 0 Å². The van der Waals surface area contributed by atoms with Gasteiger partial charge in [-0.25, -0.2) is 9.97 Å². The number of aromatic nitrogens is 2. The quantitative estimate of drug-likeness (QED) is 0.526. The summed E-state index contributed by atoms with van der Waals surface area (Å²) in [6.45, 7) is 2.05. The van der Waals surface area contributed by atoms with Crippen LogP contribution in [0.3, 0.4) is 0 Å². The Bertz CT molecular complexity index is 260. The van der Waals surface area contributed by atoms with E-state index in [1.807, 2.05) is 18.7 Å². The van der Waals surface area contributed by atoms with Gasteiger partial charge in [-0.15, -0.1) is 11.8 Å².